The van der Waals surface area contributed by atoms with E-state index in [9.17, 15) is 20.2 Å². The fourth-order valence-corrected chi connectivity index (χ4v) is 2.37. The largest absolute Gasteiger partial charge is 0.269 e. The van der Waals surface area contributed by atoms with Gasteiger partial charge >= 0.3 is 0 Å². The van der Waals surface area contributed by atoms with Crippen LogP contribution in [0.3, 0.4) is 0 Å². The van der Waals surface area contributed by atoms with Gasteiger partial charge in [0.15, 0.2) is 0 Å². The first kappa shape index (κ1) is 15.3. The number of benzene rings is 2. The van der Waals surface area contributed by atoms with Crippen LogP contribution in [0, 0.1) is 27.2 Å². The van der Waals surface area contributed by atoms with Crippen molar-refractivity contribution in [1.82, 2.24) is 9.78 Å². The van der Waals surface area contributed by atoms with Gasteiger partial charge in [-0.2, -0.15) is 5.10 Å². The van der Waals surface area contributed by atoms with Crippen molar-refractivity contribution in [3.63, 3.8) is 0 Å². The monoisotopic (exact) mass is 324 g/mol. The number of aryl methyl sites for hydroxylation is 1. The van der Waals surface area contributed by atoms with Crippen molar-refractivity contribution in [2.45, 2.75) is 6.92 Å². The molecule has 0 N–H and O–H groups in total. The third-order valence-electron chi connectivity index (χ3n) is 3.51. The average molecular weight is 324 g/mol. The van der Waals surface area contributed by atoms with Crippen LogP contribution in [0.5, 0.6) is 0 Å². The van der Waals surface area contributed by atoms with Gasteiger partial charge < -0.3 is 0 Å². The fourth-order valence-electron chi connectivity index (χ4n) is 2.37. The molecule has 0 saturated carbocycles. The van der Waals surface area contributed by atoms with Crippen molar-refractivity contribution in [3.05, 3.63) is 80.5 Å². The molecule has 3 aromatic rings. The summed E-state index contributed by atoms with van der Waals surface area (Å²) < 4.78 is 1.65. The maximum Gasteiger partial charge on any atom is 0.269 e. The van der Waals surface area contributed by atoms with Gasteiger partial charge in [0.05, 0.1) is 26.9 Å². The van der Waals surface area contributed by atoms with Gasteiger partial charge in [0.2, 0.25) is 0 Å². The second-order valence-corrected chi connectivity index (χ2v) is 5.16. The fraction of sp³-hybridized carbons (Fsp3) is 0.0625. The Morgan fingerprint density at radius 1 is 0.875 bits per heavy atom. The van der Waals surface area contributed by atoms with Crippen LogP contribution in [0.2, 0.25) is 0 Å². The summed E-state index contributed by atoms with van der Waals surface area (Å²) in [5, 5.41) is 25.9. The van der Waals surface area contributed by atoms with E-state index in [0.717, 1.165) is 17.0 Å². The number of nitro benzene ring substituents is 2. The zero-order chi connectivity index (χ0) is 17.3. The van der Waals surface area contributed by atoms with Crippen molar-refractivity contribution < 1.29 is 9.85 Å². The third-order valence-corrected chi connectivity index (χ3v) is 3.51. The van der Waals surface area contributed by atoms with Crippen LogP contribution in [-0.2, 0) is 0 Å². The molecule has 1 aromatic heterocycles. The van der Waals surface area contributed by atoms with Crippen LogP contribution >= 0.6 is 0 Å². The Labute approximate surface area is 136 Å². The van der Waals surface area contributed by atoms with Gasteiger partial charge in [0.25, 0.3) is 11.4 Å². The molecule has 0 bridgehead atoms. The average Bonchev–Trinajstić information content (AvgIpc) is 2.97. The SMILES string of the molecule is Cc1cc(-c2ccc([N+](=O)[O-])cc2)n(-c2ccc([N+](=O)[O-])cc2)n1. The van der Waals surface area contributed by atoms with Gasteiger partial charge in [-0.05, 0) is 37.3 Å². The van der Waals surface area contributed by atoms with Gasteiger partial charge in [-0.3, -0.25) is 20.2 Å². The molecule has 2 aromatic carbocycles. The van der Waals surface area contributed by atoms with Crippen molar-refractivity contribution in [3.8, 4) is 16.9 Å². The van der Waals surface area contributed by atoms with E-state index in [1.54, 1.807) is 28.9 Å². The second-order valence-electron chi connectivity index (χ2n) is 5.16. The van der Waals surface area contributed by atoms with E-state index in [2.05, 4.69) is 5.10 Å². The zero-order valence-electron chi connectivity index (χ0n) is 12.6. The minimum Gasteiger partial charge on any atom is -0.258 e. The van der Waals surface area contributed by atoms with E-state index < -0.39 is 9.85 Å². The standard InChI is InChI=1S/C16H12N4O4/c1-11-10-16(12-2-4-14(5-3-12)19(21)22)18(17-11)13-6-8-15(9-7-13)20(23)24/h2-10H,1H3. The summed E-state index contributed by atoms with van der Waals surface area (Å²) in [6.07, 6.45) is 0. The predicted octanol–water partition coefficient (Wildman–Crippen LogP) is 3.66. The molecule has 0 aliphatic rings. The lowest BCUT2D eigenvalue weighted by Gasteiger charge is -2.07. The quantitative estimate of drug-likeness (QED) is 0.538. The van der Waals surface area contributed by atoms with Crippen LogP contribution in [0.25, 0.3) is 16.9 Å². The Balaban J connectivity index is 2.04. The number of hydrogen-bond acceptors (Lipinski definition) is 5. The number of rotatable bonds is 4. The molecule has 1 heterocycles. The number of nitrogens with zero attached hydrogens (tertiary/aromatic N) is 4. The van der Waals surface area contributed by atoms with Crippen LogP contribution < -0.4 is 0 Å². The summed E-state index contributed by atoms with van der Waals surface area (Å²) >= 11 is 0. The van der Waals surface area contributed by atoms with Crippen LogP contribution in [0.15, 0.2) is 54.6 Å². The molecule has 0 amide bonds. The van der Waals surface area contributed by atoms with E-state index in [1.165, 1.54) is 24.3 Å². The molecule has 24 heavy (non-hydrogen) atoms. The highest BCUT2D eigenvalue weighted by atomic mass is 16.6. The highest BCUT2D eigenvalue weighted by Crippen LogP contribution is 2.26. The molecule has 0 atom stereocenters. The van der Waals surface area contributed by atoms with Crippen LogP contribution in [0.1, 0.15) is 5.69 Å². The maximum absolute atomic E-state index is 10.8. The minimum atomic E-state index is -0.463. The van der Waals surface area contributed by atoms with Crippen molar-refractivity contribution >= 4 is 11.4 Å². The van der Waals surface area contributed by atoms with E-state index in [4.69, 9.17) is 0 Å². The Bertz CT molecular complexity index is 839. The molecule has 0 unspecified atom stereocenters. The molecule has 8 nitrogen and oxygen atoms in total. The first-order chi connectivity index (χ1) is 11.5. The van der Waals surface area contributed by atoms with Gasteiger partial charge in [0, 0.05) is 29.8 Å². The van der Waals surface area contributed by atoms with Crippen molar-refractivity contribution in [2.75, 3.05) is 0 Å². The molecular weight excluding hydrogens is 312 g/mol. The predicted molar refractivity (Wildman–Crippen MR) is 87.0 cm³/mol. The van der Waals surface area contributed by atoms with E-state index in [0.29, 0.717) is 5.69 Å². The highest BCUT2D eigenvalue weighted by Gasteiger charge is 2.13. The minimum absolute atomic E-state index is 0.000450. The highest BCUT2D eigenvalue weighted by molar-refractivity contribution is 5.64. The maximum atomic E-state index is 10.8. The molecule has 0 aliphatic heterocycles. The number of nitro groups is 2. The molecule has 120 valence electrons. The topological polar surface area (TPSA) is 104 Å². The Kier molecular flexibility index (Phi) is 3.78. The molecule has 0 aliphatic carbocycles. The normalized spacial score (nSPS) is 10.5. The molecule has 0 spiro atoms. The van der Waals surface area contributed by atoms with Gasteiger partial charge in [-0.15, -0.1) is 0 Å². The summed E-state index contributed by atoms with van der Waals surface area (Å²) in [5.74, 6) is 0. The van der Waals surface area contributed by atoms with E-state index in [-0.39, 0.29) is 11.4 Å². The second kappa shape index (κ2) is 5.92. The number of non-ortho nitro benzene ring substituents is 2. The molecule has 0 radical (unpaired) electrons. The molecule has 0 saturated heterocycles. The summed E-state index contributed by atoms with van der Waals surface area (Å²) in [7, 11) is 0. The molecule has 0 fully saturated rings. The summed E-state index contributed by atoms with van der Waals surface area (Å²) in [6, 6.07) is 14.0. The Hall–Kier alpha value is -3.55. The van der Waals surface area contributed by atoms with Gasteiger partial charge in [0.1, 0.15) is 0 Å². The number of hydrogen-bond donors (Lipinski definition) is 0. The molecule has 8 heteroatoms. The lowest BCUT2D eigenvalue weighted by Crippen LogP contribution is -2.00. The molecule has 3 rings (SSSR count). The van der Waals surface area contributed by atoms with E-state index in [1.807, 2.05) is 13.0 Å². The number of aromatic nitrogens is 2. The van der Waals surface area contributed by atoms with Crippen LogP contribution in [0.4, 0.5) is 11.4 Å². The van der Waals surface area contributed by atoms with Gasteiger partial charge in [-0.25, -0.2) is 4.68 Å². The molecular formula is C16H12N4O4. The third kappa shape index (κ3) is 2.84. The zero-order valence-corrected chi connectivity index (χ0v) is 12.6. The lowest BCUT2D eigenvalue weighted by molar-refractivity contribution is -0.385. The summed E-state index contributed by atoms with van der Waals surface area (Å²) in [6.45, 7) is 1.83. The van der Waals surface area contributed by atoms with E-state index >= 15 is 0 Å². The van der Waals surface area contributed by atoms with Gasteiger partial charge in [-0.1, -0.05) is 0 Å². The Morgan fingerprint density at radius 3 is 1.88 bits per heavy atom. The Morgan fingerprint density at radius 2 is 1.38 bits per heavy atom. The van der Waals surface area contributed by atoms with Crippen LogP contribution in [-0.4, -0.2) is 19.6 Å². The first-order valence-corrected chi connectivity index (χ1v) is 7.02. The summed E-state index contributed by atoms with van der Waals surface area (Å²) in [5.41, 5.74) is 2.95. The van der Waals surface area contributed by atoms with Crippen molar-refractivity contribution in [2.24, 2.45) is 0 Å². The lowest BCUT2D eigenvalue weighted by atomic mass is 10.1. The first-order valence-electron chi connectivity index (χ1n) is 7.02. The summed E-state index contributed by atoms with van der Waals surface area (Å²) in [4.78, 5) is 20.6. The smallest absolute Gasteiger partial charge is 0.258 e. The van der Waals surface area contributed by atoms with Crippen molar-refractivity contribution in [1.29, 1.82) is 0 Å².